The fourth-order valence-corrected chi connectivity index (χ4v) is 4.14. The number of hydrogen-bond donors (Lipinski definition) is 3. The van der Waals surface area contributed by atoms with E-state index in [0.29, 0.717) is 23.8 Å². The van der Waals surface area contributed by atoms with Crippen molar-refractivity contribution in [1.82, 2.24) is 5.32 Å². The number of hydrogen-bond acceptors (Lipinski definition) is 5. The molecule has 1 amide bonds. The second kappa shape index (κ2) is 7.60. The number of rotatable bonds is 4. The van der Waals surface area contributed by atoms with Crippen molar-refractivity contribution in [1.29, 1.82) is 0 Å². The Bertz CT molecular complexity index is 674. The third-order valence-corrected chi connectivity index (χ3v) is 5.22. The quantitative estimate of drug-likeness (QED) is 0.706. The molecule has 1 aromatic rings. The van der Waals surface area contributed by atoms with E-state index in [1.807, 2.05) is 0 Å². The molecular weight excluding hydrogens is 338 g/mol. The molecule has 0 spiro atoms. The maximum absolute atomic E-state index is 11.4. The molecule has 23 heavy (non-hydrogen) atoms. The average molecular weight is 357 g/mol. The van der Waals surface area contributed by atoms with Crippen LogP contribution in [-0.4, -0.2) is 43.8 Å². The lowest BCUT2D eigenvalue weighted by Crippen LogP contribution is -2.38. The minimum atomic E-state index is -2.94. The zero-order chi connectivity index (χ0) is 16.9. The van der Waals surface area contributed by atoms with Gasteiger partial charge < -0.3 is 15.4 Å². The molecule has 0 aromatic heterocycles. The first-order valence-electron chi connectivity index (χ1n) is 7.20. The minimum Gasteiger partial charge on any atom is -0.450 e. The third kappa shape index (κ3) is 5.68. The number of nitrogens with one attached hydrogen (secondary N) is 3. The van der Waals surface area contributed by atoms with Gasteiger partial charge in [-0.1, -0.05) is 0 Å². The van der Waals surface area contributed by atoms with E-state index in [9.17, 15) is 13.2 Å². The predicted octanol–water partition coefficient (Wildman–Crippen LogP) is 1.73. The molecule has 0 saturated carbocycles. The van der Waals surface area contributed by atoms with Gasteiger partial charge in [0.1, 0.15) is 0 Å². The number of anilines is 2. The van der Waals surface area contributed by atoms with Crippen LogP contribution in [0.3, 0.4) is 0 Å². The van der Waals surface area contributed by atoms with E-state index in [1.54, 1.807) is 31.2 Å². The molecule has 9 heteroatoms. The molecule has 1 aromatic carbocycles. The number of ether oxygens (including phenoxy) is 1. The summed E-state index contributed by atoms with van der Waals surface area (Å²) in [6.45, 7) is 2.04. The first-order valence-corrected chi connectivity index (χ1v) is 9.42. The Morgan fingerprint density at radius 3 is 2.39 bits per heavy atom. The Labute approximate surface area is 140 Å². The van der Waals surface area contributed by atoms with Crippen LogP contribution in [0.1, 0.15) is 13.3 Å². The molecule has 1 unspecified atom stereocenters. The number of sulfone groups is 1. The largest absolute Gasteiger partial charge is 0.450 e. The Hall–Kier alpha value is -1.87. The van der Waals surface area contributed by atoms with Gasteiger partial charge in [-0.25, -0.2) is 13.2 Å². The summed E-state index contributed by atoms with van der Waals surface area (Å²) >= 11 is 5.18. The van der Waals surface area contributed by atoms with Gasteiger partial charge in [0.25, 0.3) is 0 Å². The van der Waals surface area contributed by atoms with E-state index >= 15 is 0 Å². The number of benzene rings is 1. The first kappa shape index (κ1) is 17.5. The number of carbonyl (C=O) groups is 1. The molecule has 2 rings (SSSR count). The van der Waals surface area contributed by atoms with E-state index in [1.165, 1.54) is 0 Å². The zero-order valence-corrected chi connectivity index (χ0v) is 14.3. The maximum Gasteiger partial charge on any atom is 0.411 e. The summed E-state index contributed by atoms with van der Waals surface area (Å²) in [5, 5.41) is 8.94. The van der Waals surface area contributed by atoms with Gasteiger partial charge in [0.15, 0.2) is 14.9 Å². The summed E-state index contributed by atoms with van der Waals surface area (Å²) in [5.41, 5.74) is 1.34. The Morgan fingerprint density at radius 2 is 1.87 bits per heavy atom. The highest BCUT2D eigenvalue weighted by Gasteiger charge is 2.28. The predicted molar refractivity (Wildman–Crippen MR) is 93.5 cm³/mol. The van der Waals surface area contributed by atoms with Gasteiger partial charge in [-0.3, -0.25) is 5.32 Å². The molecule has 0 radical (unpaired) electrons. The lowest BCUT2D eigenvalue weighted by atomic mass is 10.2. The van der Waals surface area contributed by atoms with E-state index < -0.39 is 15.9 Å². The van der Waals surface area contributed by atoms with Crippen molar-refractivity contribution in [2.24, 2.45) is 0 Å². The summed E-state index contributed by atoms with van der Waals surface area (Å²) in [5.74, 6) is 0.304. The summed E-state index contributed by atoms with van der Waals surface area (Å²) < 4.78 is 27.6. The smallest absolute Gasteiger partial charge is 0.411 e. The van der Waals surface area contributed by atoms with Crippen molar-refractivity contribution in [3.8, 4) is 0 Å². The van der Waals surface area contributed by atoms with Crippen LogP contribution < -0.4 is 16.0 Å². The molecule has 7 nitrogen and oxygen atoms in total. The van der Waals surface area contributed by atoms with Crippen molar-refractivity contribution < 1.29 is 17.9 Å². The van der Waals surface area contributed by atoms with Crippen LogP contribution >= 0.6 is 12.2 Å². The van der Waals surface area contributed by atoms with Gasteiger partial charge in [-0.05, 0) is 49.8 Å². The molecule has 1 aliphatic heterocycles. The molecule has 1 atom stereocenters. The standard InChI is InChI=1S/C14H19N3O4S2/c1-2-21-14(18)17-11-5-3-10(4-6-11)15-13(22)16-12-7-8-23(19,20)9-12/h3-6,12H,2,7-9H2,1H3,(H,17,18)(H2,15,16,22). The Kier molecular flexibility index (Phi) is 5.78. The van der Waals surface area contributed by atoms with E-state index in [2.05, 4.69) is 16.0 Å². The molecule has 1 heterocycles. The summed E-state index contributed by atoms with van der Waals surface area (Å²) in [4.78, 5) is 11.3. The molecule has 126 valence electrons. The van der Waals surface area contributed by atoms with Crippen molar-refractivity contribution in [3.63, 3.8) is 0 Å². The highest BCUT2D eigenvalue weighted by molar-refractivity contribution is 7.91. The van der Waals surface area contributed by atoms with E-state index in [-0.39, 0.29) is 17.5 Å². The highest BCUT2D eigenvalue weighted by Crippen LogP contribution is 2.15. The molecule has 1 aliphatic rings. The van der Waals surface area contributed by atoms with Gasteiger partial charge in [0.05, 0.1) is 18.1 Å². The molecule has 0 bridgehead atoms. The van der Waals surface area contributed by atoms with Crippen LogP contribution in [0.2, 0.25) is 0 Å². The number of thiocarbonyl (C=S) groups is 1. The summed E-state index contributed by atoms with van der Waals surface area (Å²) in [7, 11) is -2.94. The number of amides is 1. The molecular formula is C14H19N3O4S2. The normalized spacial score (nSPS) is 18.9. The van der Waals surface area contributed by atoms with Crippen molar-refractivity contribution in [2.45, 2.75) is 19.4 Å². The van der Waals surface area contributed by atoms with Crippen LogP contribution in [0.15, 0.2) is 24.3 Å². The van der Waals surface area contributed by atoms with Crippen LogP contribution in [0.4, 0.5) is 16.2 Å². The van der Waals surface area contributed by atoms with Gasteiger partial charge in [0.2, 0.25) is 0 Å². The highest BCUT2D eigenvalue weighted by atomic mass is 32.2. The van der Waals surface area contributed by atoms with Gasteiger partial charge in [0, 0.05) is 17.4 Å². The monoisotopic (exact) mass is 357 g/mol. The average Bonchev–Trinajstić information content (AvgIpc) is 2.80. The minimum absolute atomic E-state index is 0.108. The van der Waals surface area contributed by atoms with Crippen molar-refractivity contribution in [3.05, 3.63) is 24.3 Å². The SMILES string of the molecule is CCOC(=O)Nc1ccc(NC(=S)NC2CCS(=O)(=O)C2)cc1. The number of carbonyl (C=O) groups excluding carboxylic acids is 1. The zero-order valence-electron chi connectivity index (χ0n) is 12.7. The van der Waals surface area contributed by atoms with Crippen LogP contribution in [0.25, 0.3) is 0 Å². The lowest BCUT2D eigenvalue weighted by molar-refractivity contribution is 0.168. The van der Waals surface area contributed by atoms with Gasteiger partial charge >= 0.3 is 6.09 Å². The summed E-state index contributed by atoms with van der Waals surface area (Å²) in [6.07, 6.45) is 0.0554. The second-order valence-electron chi connectivity index (χ2n) is 5.12. The van der Waals surface area contributed by atoms with Crippen LogP contribution in [0, 0.1) is 0 Å². The van der Waals surface area contributed by atoms with Gasteiger partial charge in [-0.2, -0.15) is 0 Å². The maximum atomic E-state index is 11.4. The molecule has 1 fully saturated rings. The van der Waals surface area contributed by atoms with E-state index in [0.717, 1.165) is 5.69 Å². The third-order valence-electron chi connectivity index (χ3n) is 3.23. The van der Waals surface area contributed by atoms with Crippen molar-refractivity contribution in [2.75, 3.05) is 28.7 Å². The van der Waals surface area contributed by atoms with Crippen LogP contribution in [-0.2, 0) is 14.6 Å². The Morgan fingerprint density at radius 1 is 1.26 bits per heavy atom. The molecule has 3 N–H and O–H groups in total. The Balaban J connectivity index is 1.83. The van der Waals surface area contributed by atoms with Crippen molar-refractivity contribution >= 4 is 44.6 Å². The lowest BCUT2D eigenvalue weighted by Gasteiger charge is -2.15. The summed E-state index contributed by atoms with van der Waals surface area (Å²) in [6, 6.07) is 6.77. The van der Waals surface area contributed by atoms with E-state index in [4.69, 9.17) is 17.0 Å². The van der Waals surface area contributed by atoms with Crippen LogP contribution in [0.5, 0.6) is 0 Å². The topological polar surface area (TPSA) is 96.5 Å². The molecule has 1 saturated heterocycles. The second-order valence-corrected chi connectivity index (χ2v) is 7.76. The van der Waals surface area contributed by atoms with Gasteiger partial charge in [-0.15, -0.1) is 0 Å². The fraction of sp³-hybridized carbons (Fsp3) is 0.429. The first-order chi connectivity index (χ1) is 10.9. The molecule has 0 aliphatic carbocycles. The fourth-order valence-electron chi connectivity index (χ4n) is 2.18.